The van der Waals surface area contributed by atoms with E-state index in [9.17, 15) is 0 Å². The van der Waals surface area contributed by atoms with Crippen molar-refractivity contribution in [2.45, 2.75) is 0 Å². The number of benzene rings is 8. The van der Waals surface area contributed by atoms with E-state index in [2.05, 4.69) is 185 Å². The summed E-state index contributed by atoms with van der Waals surface area (Å²) in [5, 5.41) is 12.0. The van der Waals surface area contributed by atoms with E-state index in [4.69, 9.17) is 4.42 Å². The molecule has 0 aliphatic heterocycles. The average Bonchev–Trinajstić information content (AvgIpc) is 3.53. The van der Waals surface area contributed by atoms with Crippen LogP contribution in [-0.4, -0.2) is 9.13 Å². The molecule has 0 fully saturated rings. The van der Waals surface area contributed by atoms with E-state index in [1.165, 1.54) is 59.5 Å². The molecule has 9 aromatic carbocycles. The number of fused-ring (bicyclic) bond motifs is 13. The molecule has 0 aliphatic carbocycles. The van der Waals surface area contributed by atoms with Crippen LogP contribution in [0.25, 0.3) is 98.5 Å². The highest BCUT2D eigenvalue weighted by Gasteiger charge is 2.17. The van der Waals surface area contributed by atoms with E-state index in [-0.39, 0.29) is 0 Å². The third-order valence-electron chi connectivity index (χ3n) is 10.5. The topological polar surface area (TPSA) is 23.0 Å². The molecule has 0 bridgehead atoms. The fraction of sp³-hybridized carbons (Fsp3) is 0. The molecule has 238 valence electrons. The van der Waals surface area contributed by atoms with Gasteiger partial charge in [-0.25, -0.2) is 0 Å². The first-order valence-corrected chi connectivity index (χ1v) is 17.4. The maximum atomic E-state index is 6.74. The lowest BCUT2D eigenvalue weighted by Crippen LogP contribution is -2.00. The molecule has 3 heteroatoms. The second-order valence-electron chi connectivity index (χ2n) is 13.3. The lowest BCUT2D eigenvalue weighted by molar-refractivity contribution is 0.654. The molecule has 51 heavy (non-hydrogen) atoms. The van der Waals surface area contributed by atoms with Gasteiger partial charge in [-0.2, -0.15) is 0 Å². The summed E-state index contributed by atoms with van der Waals surface area (Å²) in [7, 11) is 0. The highest BCUT2D eigenvalue weighted by atomic mass is 16.3. The Morgan fingerprint density at radius 3 is 1.35 bits per heavy atom. The van der Waals surface area contributed by atoms with Crippen LogP contribution in [0, 0.1) is 0 Å². The number of nitrogens with zero attached hydrogens (tertiary/aromatic N) is 2. The van der Waals surface area contributed by atoms with Crippen molar-refractivity contribution in [3.05, 3.63) is 182 Å². The van der Waals surface area contributed by atoms with Gasteiger partial charge in [0.2, 0.25) is 0 Å². The van der Waals surface area contributed by atoms with Gasteiger partial charge in [0.05, 0.1) is 22.1 Å². The Morgan fingerprint density at radius 2 is 0.706 bits per heavy atom. The van der Waals surface area contributed by atoms with Gasteiger partial charge in [-0.1, -0.05) is 121 Å². The first-order valence-electron chi connectivity index (χ1n) is 17.4. The zero-order valence-corrected chi connectivity index (χ0v) is 27.6. The molecule has 0 amide bonds. The van der Waals surface area contributed by atoms with E-state index in [1.54, 1.807) is 0 Å². The number of hydrogen-bond acceptors (Lipinski definition) is 1. The van der Waals surface area contributed by atoms with Crippen LogP contribution in [0.1, 0.15) is 0 Å². The summed E-state index contributed by atoms with van der Waals surface area (Å²) in [6, 6.07) is 65.6. The molecule has 11 rings (SSSR count). The van der Waals surface area contributed by atoms with Gasteiger partial charge in [0.25, 0.3) is 0 Å². The molecule has 2 heterocycles. The maximum absolute atomic E-state index is 6.74. The summed E-state index contributed by atoms with van der Waals surface area (Å²) < 4.78 is 11.5. The highest BCUT2D eigenvalue weighted by Crippen LogP contribution is 2.40. The lowest BCUT2D eigenvalue weighted by Gasteiger charge is -2.17. The van der Waals surface area contributed by atoms with Gasteiger partial charge in [-0.05, 0) is 104 Å². The molecular formula is C48H30N2O. The maximum Gasteiger partial charge on any atom is 0.152 e. The molecule has 0 spiro atoms. The number of hydrogen-bond donors (Lipinski definition) is 0. The zero-order chi connectivity index (χ0) is 33.5. The molecule has 0 atom stereocenters. The van der Waals surface area contributed by atoms with Gasteiger partial charge in [0, 0.05) is 22.1 Å². The van der Waals surface area contributed by atoms with E-state index in [0.717, 1.165) is 39.0 Å². The average molecular weight is 651 g/mol. The SMILES string of the molecule is c1ccc(-n2c3ccccc3oc3cc4c5ccccc5c5ccccc5c5cc(-n6c7ccccc7c7ccccc76)ccc5c4cc32)cc1. The van der Waals surface area contributed by atoms with Crippen LogP contribution < -0.4 is 0 Å². The fourth-order valence-electron chi connectivity index (χ4n) is 8.34. The minimum Gasteiger partial charge on any atom is -0.453 e. The summed E-state index contributed by atoms with van der Waals surface area (Å²) in [4.78, 5) is 0. The molecule has 0 unspecified atom stereocenters. The first kappa shape index (κ1) is 28.0. The van der Waals surface area contributed by atoms with Crippen molar-refractivity contribution in [2.24, 2.45) is 0 Å². The van der Waals surface area contributed by atoms with Gasteiger partial charge in [0.1, 0.15) is 0 Å². The molecule has 0 aliphatic rings. The largest absolute Gasteiger partial charge is 0.453 e. The Balaban J connectivity index is 1.37. The van der Waals surface area contributed by atoms with Crippen LogP contribution in [0.4, 0.5) is 0 Å². The smallest absolute Gasteiger partial charge is 0.152 e. The molecule has 2 aromatic heterocycles. The first-order chi connectivity index (χ1) is 25.3. The van der Waals surface area contributed by atoms with Crippen molar-refractivity contribution in [3.63, 3.8) is 0 Å². The van der Waals surface area contributed by atoms with Crippen LogP contribution in [0.15, 0.2) is 186 Å². The minimum absolute atomic E-state index is 0.836. The van der Waals surface area contributed by atoms with E-state index < -0.39 is 0 Å². The summed E-state index contributed by atoms with van der Waals surface area (Å²) in [6.07, 6.45) is 0. The third kappa shape index (κ3) is 4.12. The summed E-state index contributed by atoms with van der Waals surface area (Å²) >= 11 is 0. The molecule has 0 saturated carbocycles. The molecule has 0 radical (unpaired) electrons. The second kappa shape index (κ2) is 10.8. The Kier molecular flexibility index (Phi) is 5.96. The van der Waals surface area contributed by atoms with Gasteiger partial charge in [-0.3, -0.25) is 0 Å². The van der Waals surface area contributed by atoms with Crippen molar-refractivity contribution in [2.75, 3.05) is 0 Å². The Labute approximate surface area is 293 Å². The van der Waals surface area contributed by atoms with Gasteiger partial charge < -0.3 is 13.6 Å². The summed E-state index contributed by atoms with van der Waals surface area (Å²) in [6.45, 7) is 0. The molecule has 11 aromatic rings. The number of para-hydroxylation sites is 5. The predicted octanol–water partition coefficient (Wildman–Crippen LogP) is 13.2. The molecule has 0 N–H and O–H groups in total. The standard InChI is InChI=1S/C48H30N2O/c1-2-14-31(15-3-1)49-45-24-12-13-25-47(45)51-48-30-42-36-19-7-5-17-34(36)33-16-4-6-18-35(33)40-28-32(26-27-37(40)41(42)29-46(48)49)50-43-22-10-8-20-38(43)39-21-9-11-23-44(39)50/h1-30H. The fourth-order valence-corrected chi connectivity index (χ4v) is 8.34. The number of rotatable bonds is 2. The van der Waals surface area contributed by atoms with Crippen LogP contribution >= 0.6 is 0 Å². The highest BCUT2D eigenvalue weighted by molar-refractivity contribution is 6.27. The molecule has 3 nitrogen and oxygen atoms in total. The zero-order valence-electron chi connectivity index (χ0n) is 27.6. The Bertz CT molecular complexity index is 3200. The third-order valence-corrected chi connectivity index (χ3v) is 10.5. The van der Waals surface area contributed by atoms with Crippen LogP contribution in [0.2, 0.25) is 0 Å². The van der Waals surface area contributed by atoms with E-state index in [1.807, 2.05) is 6.07 Å². The predicted molar refractivity (Wildman–Crippen MR) is 215 cm³/mol. The summed E-state index contributed by atoms with van der Waals surface area (Å²) in [5.41, 5.74) is 8.35. The van der Waals surface area contributed by atoms with E-state index >= 15 is 0 Å². The minimum atomic E-state index is 0.836. The van der Waals surface area contributed by atoms with Gasteiger partial charge >= 0.3 is 0 Å². The van der Waals surface area contributed by atoms with Crippen LogP contribution in [0.3, 0.4) is 0 Å². The number of aromatic nitrogens is 2. The monoisotopic (exact) mass is 650 g/mol. The van der Waals surface area contributed by atoms with Crippen molar-refractivity contribution >= 4 is 87.1 Å². The molecular weight excluding hydrogens is 621 g/mol. The van der Waals surface area contributed by atoms with Crippen molar-refractivity contribution in [1.82, 2.24) is 9.13 Å². The lowest BCUT2D eigenvalue weighted by atomic mass is 9.94. The quantitative estimate of drug-likeness (QED) is 0.171. The van der Waals surface area contributed by atoms with E-state index in [0.29, 0.717) is 0 Å². The summed E-state index contributed by atoms with van der Waals surface area (Å²) in [5.74, 6) is 0. The van der Waals surface area contributed by atoms with Crippen LogP contribution in [-0.2, 0) is 0 Å². The van der Waals surface area contributed by atoms with Crippen molar-refractivity contribution in [3.8, 4) is 11.4 Å². The van der Waals surface area contributed by atoms with Crippen molar-refractivity contribution < 1.29 is 4.42 Å². The van der Waals surface area contributed by atoms with Gasteiger partial charge in [-0.15, -0.1) is 0 Å². The normalized spacial score (nSPS) is 11.9. The van der Waals surface area contributed by atoms with Crippen molar-refractivity contribution in [1.29, 1.82) is 0 Å². The van der Waals surface area contributed by atoms with Crippen LogP contribution in [0.5, 0.6) is 0 Å². The Morgan fingerprint density at radius 1 is 0.255 bits per heavy atom. The Hall–Kier alpha value is -6.84. The molecule has 0 saturated heterocycles. The second-order valence-corrected chi connectivity index (χ2v) is 13.3. The van der Waals surface area contributed by atoms with Gasteiger partial charge in [0.15, 0.2) is 11.2 Å².